The Bertz CT molecular complexity index is 464. The van der Waals surface area contributed by atoms with Crippen LogP contribution in [-0.4, -0.2) is 61.9 Å². The lowest BCUT2D eigenvalue weighted by Gasteiger charge is -2.23. The molecule has 0 saturated heterocycles. The van der Waals surface area contributed by atoms with E-state index in [0.717, 1.165) is 0 Å². The molecule has 0 aromatic rings. The van der Waals surface area contributed by atoms with Gasteiger partial charge >= 0.3 is 0 Å². The lowest BCUT2D eigenvalue weighted by Crippen LogP contribution is -2.43. The summed E-state index contributed by atoms with van der Waals surface area (Å²) in [6.45, 7) is 18.8. The molecule has 0 unspecified atom stereocenters. The molecule has 0 bridgehead atoms. The topological polar surface area (TPSA) is 90.5 Å². The third kappa shape index (κ3) is 10.9. The highest BCUT2D eigenvalue weighted by Crippen LogP contribution is 1.91. The maximum atomic E-state index is 11.5. The van der Waals surface area contributed by atoms with E-state index < -0.39 is 0 Å². The van der Waals surface area contributed by atoms with Crippen LogP contribution in [-0.2, 0) is 14.4 Å². The number of rotatable bonds is 12. The molecule has 25 heavy (non-hydrogen) atoms. The third-order valence-corrected chi connectivity index (χ3v) is 3.30. The maximum absolute atomic E-state index is 11.5. The summed E-state index contributed by atoms with van der Waals surface area (Å²) in [5.74, 6) is -0.566. The summed E-state index contributed by atoms with van der Waals surface area (Å²) < 4.78 is 0. The van der Waals surface area contributed by atoms with E-state index in [1.807, 2.05) is 4.90 Å². The monoisotopic (exact) mass is 350 g/mol. The lowest BCUT2D eigenvalue weighted by atomic mass is 10.3. The summed E-state index contributed by atoms with van der Waals surface area (Å²) in [5, 5.41) is 8.29. The second kappa shape index (κ2) is 12.0. The van der Waals surface area contributed by atoms with Crippen molar-refractivity contribution in [3.05, 3.63) is 36.5 Å². The fourth-order valence-corrected chi connectivity index (χ4v) is 1.77. The van der Waals surface area contributed by atoms with Gasteiger partial charge in [0.25, 0.3) is 0 Å². The van der Waals surface area contributed by atoms with Crippen molar-refractivity contribution < 1.29 is 14.4 Å². The van der Waals surface area contributed by atoms with Crippen molar-refractivity contribution >= 4 is 17.7 Å². The maximum Gasteiger partial charge on any atom is 0.246 e. The molecule has 0 aliphatic rings. The second-order valence-corrected chi connectivity index (χ2v) is 5.95. The van der Waals surface area contributed by atoms with E-state index in [2.05, 4.69) is 35.7 Å². The minimum Gasteiger partial charge on any atom is -0.351 e. The molecule has 0 aliphatic heterocycles. The Morgan fingerprint density at radius 2 is 0.880 bits per heavy atom. The van der Waals surface area contributed by atoms with Crippen LogP contribution in [0.5, 0.6) is 0 Å². The summed E-state index contributed by atoms with van der Waals surface area (Å²) in [6.07, 6.45) is 0. The molecule has 0 heterocycles. The fraction of sp³-hybridized carbons (Fsp3) is 0.500. The number of carbonyl (C=O) groups is 3. The van der Waals surface area contributed by atoms with Gasteiger partial charge in [0.2, 0.25) is 17.7 Å². The lowest BCUT2D eigenvalue weighted by molar-refractivity contribution is -0.118. The standard InChI is InChI=1S/C18H30N4O3/c1-13(2)16(23)19-7-10-22(11-8-20-17(24)14(3)4)12-9-21-18(25)15(5)6/h1,3,5,7-12H2,2,4,6H3,(H,19,23)(H,20,24)(H,21,25). The Morgan fingerprint density at radius 3 is 1.08 bits per heavy atom. The van der Waals surface area contributed by atoms with Gasteiger partial charge in [-0.3, -0.25) is 19.3 Å². The minimum atomic E-state index is -0.189. The summed E-state index contributed by atoms with van der Waals surface area (Å²) in [6, 6.07) is 0. The fourth-order valence-electron chi connectivity index (χ4n) is 1.77. The first-order chi connectivity index (χ1) is 11.6. The number of hydrogen-bond donors (Lipinski definition) is 3. The molecule has 7 heteroatoms. The first-order valence-corrected chi connectivity index (χ1v) is 8.18. The van der Waals surface area contributed by atoms with Crippen molar-refractivity contribution in [3.63, 3.8) is 0 Å². The van der Waals surface area contributed by atoms with Crippen LogP contribution in [0.3, 0.4) is 0 Å². The molecule has 7 nitrogen and oxygen atoms in total. The molecule has 140 valence electrons. The van der Waals surface area contributed by atoms with Crippen LogP contribution >= 0.6 is 0 Å². The van der Waals surface area contributed by atoms with Crippen molar-refractivity contribution in [1.82, 2.24) is 20.9 Å². The Hall–Kier alpha value is -2.41. The molecule has 0 aromatic carbocycles. The number of nitrogens with one attached hydrogen (secondary N) is 3. The number of nitrogens with zero attached hydrogens (tertiary/aromatic N) is 1. The zero-order valence-corrected chi connectivity index (χ0v) is 15.5. The average molecular weight is 350 g/mol. The molecule has 0 aromatic heterocycles. The first kappa shape index (κ1) is 22.6. The van der Waals surface area contributed by atoms with Crippen molar-refractivity contribution in [3.8, 4) is 0 Å². The smallest absolute Gasteiger partial charge is 0.246 e. The Morgan fingerprint density at radius 1 is 0.640 bits per heavy atom. The molecule has 0 saturated carbocycles. The van der Waals surface area contributed by atoms with Crippen LogP contribution in [0.4, 0.5) is 0 Å². The van der Waals surface area contributed by atoms with E-state index >= 15 is 0 Å². The normalized spacial score (nSPS) is 10.1. The van der Waals surface area contributed by atoms with Gasteiger partial charge < -0.3 is 16.0 Å². The van der Waals surface area contributed by atoms with Crippen molar-refractivity contribution in [2.75, 3.05) is 39.3 Å². The zero-order chi connectivity index (χ0) is 19.4. The number of amides is 3. The third-order valence-electron chi connectivity index (χ3n) is 3.30. The highest BCUT2D eigenvalue weighted by Gasteiger charge is 2.09. The van der Waals surface area contributed by atoms with Crippen molar-refractivity contribution in [1.29, 1.82) is 0 Å². The van der Waals surface area contributed by atoms with Gasteiger partial charge in [-0.15, -0.1) is 0 Å². The highest BCUT2D eigenvalue weighted by atomic mass is 16.2. The molecule has 0 spiro atoms. The van der Waals surface area contributed by atoms with Crippen LogP contribution in [0.2, 0.25) is 0 Å². The zero-order valence-electron chi connectivity index (χ0n) is 15.5. The SMILES string of the molecule is C=C(C)C(=O)NCCN(CCNC(=O)C(=C)C)CCNC(=O)C(=C)C. The van der Waals surface area contributed by atoms with Gasteiger partial charge in [0, 0.05) is 56.0 Å². The second-order valence-electron chi connectivity index (χ2n) is 5.95. The molecule has 0 aliphatic carbocycles. The molecule has 0 fully saturated rings. The van der Waals surface area contributed by atoms with Crippen molar-refractivity contribution in [2.24, 2.45) is 0 Å². The van der Waals surface area contributed by atoms with Gasteiger partial charge in [-0.25, -0.2) is 0 Å². The largest absolute Gasteiger partial charge is 0.351 e. The molecule has 3 N–H and O–H groups in total. The van der Waals surface area contributed by atoms with E-state index in [1.54, 1.807) is 20.8 Å². The minimum absolute atomic E-state index is 0.189. The van der Waals surface area contributed by atoms with Crippen LogP contribution in [0.25, 0.3) is 0 Å². The summed E-state index contributed by atoms with van der Waals surface area (Å²) in [4.78, 5) is 36.6. The molecule has 0 rings (SSSR count). The van der Waals surface area contributed by atoms with Crippen molar-refractivity contribution in [2.45, 2.75) is 20.8 Å². The van der Waals surface area contributed by atoms with E-state index in [0.29, 0.717) is 56.0 Å². The predicted octanol–water partition coefficient (Wildman–Crippen LogP) is 0.365. The van der Waals surface area contributed by atoms with E-state index in [9.17, 15) is 14.4 Å². The molecular weight excluding hydrogens is 320 g/mol. The van der Waals surface area contributed by atoms with Crippen LogP contribution in [0, 0.1) is 0 Å². The molecule has 0 atom stereocenters. The Balaban J connectivity index is 4.38. The van der Waals surface area contributed by atoms with E-state index in [4.69, 9.17) is 0 Å². The van der Waals surface area contributed by atoms with Crippen LogP contribution < -0.4 is 16.0 Å². The molecular formula is C18H30N4O3. The Labute approximate surface area is 150 Å². The van der Waals surface area contributed by atoms with E-state index in [-0.39, 0.29) is 17.7 Å². The summed E-state index contributed by atoms with van der Waals surface area (Å²) >= 11 is 0. The number of carbonyl (C=O) groups excluding carboxylic acids is 3. The van der Waals surface area contributed by atoms with Gasteiger partial charge in [-0.05, 0) is 20.8 Å². The number of hydrogen-bond acceptors (Lipinski definition) is 4. The molecule has 3 amide bonds. The first-order valence-electron chi connectivity index (χ1n) is 8.18. The van der Waals surface area contributed by atoms with Gasteiger partial charge in [0.1, 0.15) is 0 Å². The molecule has 0 radical (unpaired) electrons. The highest BCUT2D eigenvalue weighted by molar-refractivity contribution is 5.92. The van der Waals surface area contributed by atoms with Gasteiger partial charge in [-0.1, -0.05) is 19.7 Å². The Kier molecular flexibility index (Phi) is 10.9. The van der Waals surface area contributed by atoms with Crippen LogP contribution in [0.1, 0.15) is 20.8 Å². The van der Waals surface area contributed by atoms with Crippen LogP contribution in [0.15, 0.2) is 36.5 Å². The van der Waals surface area contributed by atoms with E-state index in [1.165, 1.54) is 0 Å². The van der Waals surface area contributed by atoms with Gasteiger partial charge in [-0.2, -0.15) is 0 Å². The van der Waals surface area contributed by atoms with Gasteiger partial charge in [0.05, 0.1) is 0 Å². The quantitative estimate of drug-likeness (QED) is 0.444. The summed E-state index contributed by atoms with van der Waals surface area (Å²) in [7, 11) is 0. The average Bonchev–Trinajstić information content (AvgIpc) is 2.53. The summed E-state index contributed by atoms with van der Waals surface area (Å²) in [5.41, 5.74) is 1.36. The predicted molar refractivity (Wildman–Crippen MR) is 99.9 cm³/mol. The van der Waals surface area contributed by atoms with Gasteiger partial charge in [0.15, 0.2) is 0 Å².